The van der Waals surface area contributed by atoms with Gasteiger partial charge in [-0.15, -0.1) is 0 Å². The third-order valence-electron chi connectivity index (χ3n) is 2.64. The molecule has 0 unspecified atom stereocenters. The Kier molecular flexibility index (Phi) is 3.20. The first-order chi connectivity index (χ1) is 9.63. The first-order valence-corrected chi connectivity index (χ1v) is 6.06. The summed E-state index contributed by atoms with van der Waals surface area (Å²) in [5.74, 6) is -1.51. The van der Waals surface area contributed by atoms with Crippen molar-refractivity contribution in [3.05, 3.63) is 59.4 Å². The highest BCUT2D eigenvalue weighted by Crippen LogP contribution is 2.29. The molecule has 0 bridgehead atoms. The fourth-order valence-corrected chi connectivity index (χ4v) is 1.93. The average molecular weight is 293 g/mol. The summed E-state index contributed by atoms with van der Waals surface area (Å²) < 4.78 is 31.8. The number of ether oxygens (including phenoxy) is 1. The van der Waals surface area contributed by atoms with Crippen LogP contribution in [-0.4, -0.2) is 9.97 Å². The Bertz CT molecular complexity index is 795. The van der Waals surface area contributed by atoms with Gasteiger partial charge < -0.3 is 4.74 Å². The number of hydrogen-bond donors (Lipinski definition) is 0. The van der Waals surface area contributed by atoms with E-state index in [1.54, 1.807) is 24.3 Å². The SMILES string of the molecule is Fc1ccc(Oc2nc(Cl)nc3ccccc23)c(F)c1. The van der Waals surface area contributed by atoms with E-state index in [0.717, 1.165) is 12.1 Å². The summed E-state index contributed by atoms with van der Waals surface area (Å²) in [6.07, 6.45) is 0. The highest BCUT2D eigenvalue weighted by Gasteiger charge is 2.11. The monoisotopic (exact) mass is 292 g/mol. The molecule has 1 heterocycles. The van der Waals surface area contributed by atoms with E-state index in [4.69, 9.17) is 16.3 Å². The Morgan fingerprint density at radius 2 is 1.80 bits per heavy atom. The second-order valence-electron chi connectivity index (χ2n) is 3.99. The van der Waals surface area contributed by atoms with Crippen molar-refractivity contribution in [3.8, 4) is 11.6 Å². The van der Waals surface area contributed by atoms with Crippen LogP contribution in [0.5, 0.6) is 11.6 Å². The molecule has 0 radical (unpaired) electrons. The van der Waals surface area contributed by atoms with Gasteiger partial charge in [0, 0.05) is 6.07 Å². The van der Waals surface area contributed by atoms with Gasteiger partial charge in [-0.2, -0.15) is 4.98 Å². The summed E-state index contributed by atoms with van der Waals surface area (Å²) in [6, 6.07) is 10.0. The molecule has 0 spiro atoms. The predicted molar refractivity (Wildman–Crippen MR) is 71.0 cm³/mol. The van der Waals surface area contributed by atoms with Gasteiger partial charge >= 0.3 is 0 Å². The lowest BCUT2D eigenvalue weighted by Gasteiger charge is -2.08. The summed E-state index contributed by atoms with van der Waals surface area (Å²) in [7, 11) is 0. The molecule has 2 aromatic carbocycles. The van der Waals surface area contributed by atoms with Crippen LogP contribution in [0.15, 0.2) is 42.5 Å². The molecule has 0 fully saturated rings. The predicted octanol–water partition coefficient (Wildman–Crippen LogP) is 4.35. The van der Waals surface area contributed by atoms with E-state index in [-0.39, 0.29) is 16.9 Å². The van der Waals surface area contributed by atoms with E-state index in [1.807, 2.05) is 0 Å². The van der Waals surface area contributed by atoms with E-state index in [2.05, 4.69) is 9.97 Å². The fourth-order valence-electron chi connectivity index (χ4n) is 1.76. The first kappa shape index (κ1) is 12.7. The third kappa shape index (κ3) is 2.40. The second kappa shape index (κ2) is 5.02. The van der Waals surface area contributed by atoms with Crippen LogP contribution in [0.4, 0.5) is 8.78 Å². The molecule has 0 atom stereocenters. The van der Waals surface area contributed by atoms with E-state index >= 15 is 0 Å². The smallest absolute Gasteiger partial charge is 0.231 e. The zero-order valence-corrected chi connectivity index (χ0v) is 10.7. The van der Waals surface area contributed by atoms with Crippen molar-refractivity contribution >= 4 is 22.5 Å². The van der Waals surface area contributed by atoms with Gasteiger partial charge in [0.15, 0.2) is 11.6 Å². The summed E-state index contributed by atoms with van der Waals surface area (Å²) in [4.78, 5) is 7.97. The van der Waals surface area contributed by atoms with Crippen LogP contribution >= 0.6 is 11.6 Å². The van der Waals surface area contributed by atoms with Crippen molar-refractivity contribution in [1.29, 1.82) is 0 Å². The van der Waals surface area contributed by atoms with Gasteiger partial charge in [0.05, 0.1) is 10.9 Å². The Morgan fingerprint density at radius 3 is 2.60 bits per heavy atom. The molecule has 3 rings (SSSR count). The maximum absolute atomic E-state index is 13.6. The molecule has 3 nitrogen and oxygen atoms in total. The molecule has 100 valence electrons. The number of rotatable bonds is 2. The normalized spacial score (nSPS) is 10.8. The summed E-state index contributed by atoms with van der Waals surface area (Å²) in [5, 5.41) is 0.571. The first-order valence-electron chi connectivity index (χ1n) is 5.69. The lowest BCUT2D eigenvalue weighted by atomic mass is 10.2. The maximum atomic E-state index is 13.6. The summed E-state index contributed by atoms with van der Waals surface area (Å²) in [6.45, 7) is 0. The Balaban J connectivity index is 2.10. The standard InChI is InChI=1S/C14H7ClF2N2O/c15-14-18-11-4-2-1-3-9(11)13(19-14)20-12-6-5-8(16)7-10(12)17/h1-7H. The van der Waals surface area contributed by atoms with Gasteiger partial charge in [0.1, 0.15) is 5.82 Å². The molecule has 0 amide bonds. The third-order valence-corrected chi connectivity index (χ3v) is 2.81. The number of aromatic nitrogens is 2. The van der Waals surface area contributed by atoms with Gasteiger partial charge in [0.25, 0.3) is 0 Å². The average Bonchev–Trinajstić information content (AvgIpc) is 2.41. The molecule has 6 heteroatoms. The van der Waals surface area contributed by atoms with Gasteiger partial charge in [-0.3, -0.25) is 0 Å². The number of nitrogens with zero attached hydrogens (tertiary/aromatic N) is 2. The second-order valence-corrected chi connectivity index (χ2v) is 4.33. The van der Waals surface area contributed by atoms with E-state index < -0.39 is 11.6 Å². The molecule has 1 aromatic heterocycles. The van der Waals surface area contributed by atoms with Crippen LogP contribution in [-0.2, 0) is 0 Å². The van der Waals surface area contributed by atoms with Crippen LogP contribution in [0.1, 0.15) is 0 Å². The quantitative estimate of drug-likeness (QED) is 0.659. The summed E-state index contributed by atoms with van der Waals surface area (Å²) >= 11 is 5.80. The number of para-hydroxylation sites is 1. The molecular weight excluding hydrogens is 286 g/mol. The zero-order chi connectivity index (χ0) is 14.1. The molecule has 0 aliphatic rings. The van der Waals surface area contributed by atoms with E-state index in [9.17, 15) is 8.78 Å². The van der Waals surface area contributed by atoms with Crippen molar-refractivity contribution in [3.63, 3.8) is 0 Å². The summed E-state index contributed by atoms with van der Waals surface area (Å²) in [5.41, 5.74) is 0.574. The highest BCUT2D eigenvalue weighted by atomic mass is 35.5. The minimum Gasteiger partial charge on any atom is -0.435 e. The van der Waals surface area contributed by atoms with Crippen LogP contribution in [0.25, 0.3) is 10.9 Å². The largest absolute Gasteiger partial charge is 0.435 e. The van der Waals surface area contributed by atoms with Crippen molar-refractivity contribution in [2.24, 2.45) is 0 Å². The maximum Gasteiger partial charge on any atom is 0.231 e. The van der Waals surface area contributed by atoms with Gasteiger partial charge in [-0.25, -0.2) is 13.8 Å². The minimum atomic E-state index is -0.816. The fraction of sp³-hybridized carbons (Fsp3) is 0. The van der Waals surface area contributed by atoms with Gasteiger partial charge in [-0.05, 0) is 35.9 Å². The van der Waals surface area contributed by atoms with Crippen LogP contribution in [0, 0.1) is 11.6 Å². The lowest BCUT2D eigenvalue weighted by Crippen LogP contribution is -1.95. The highest BCUT2D eigenvalue weighted by molar-refractivity contribution is 6.28. The topological polar surface area (TPSA) is 35.0 Å². The van der Waals surface area contributed by atoms with E-state index in [1.165, 1.54) is 6.07 Å². The number of halogens is 3. The van der Waals surface area contributed by atoms with Crippen molar-refractivity contribution < 1.29 is 13.5 Å². The molecule has 3 aromatic rings. The molecule has 0 aliphatic heterocycles. The lowest BCUT2D eigenvalue weighted by molar-refractivity contribution is 0.427. The Morgan fingerprint density at radius 1 is 1.00 bits per heavy atom. The molecule has 0 N–H and O–H groups in total. The minimum absolute atomic E-state index is 0.0128. The van der Waals surface area contributed by atoms with Crippen LogP contribution in [0.3, 0.4) is 0 Å². The molecule has 0 aliphatic carbocycles. The molecular formula is C14H7ClF2N2O. The van der Waals surface area contributed by atoms with Gasteiger partial charge in [-0.1, -0.05) is 12.1 Å². The van der Waals surface area contributed by atoms with Crippen molar-refractivity contribution in [2.45, 2.75) is 0 Å². The van der Waals surface area contributed by atoms with Crippen molar-refractivity contribution in [2.75, 3.05) is 0 Å². The molecule has 0 saturated carbocycles. The number of benzene rings is 2. The molecule has 20 heavy (non-hydrogen) atoms. The number of fused-ring (bicyclic) bond motifs is 1. The van der Waals surface area contributed by atoms with Crippen LogP contribution in [0.2, 0.25) is 5.28 Å². The van der Waals surface area contributed by atoms with E-state index in [0.29, 0.717) is 10.9 Å². The zero-order valence-electron chi connectivity index (χ0n) is 9.98. The molecule has 0 saturated heterocycles. The van der Waals surface area contributed by atoms with Gasteiger partial charge in [0.2, 0.25) is 11.2 Å². The van der Waals surface area contributed by atoms with Crippen LogP contribution < -0.4 is 4.74 Å². The Labute approximate surface area is 117 Å². The Hall–Kier alpha value is -2.27. The number of hydrogen-bond acceptors (Lipinski definition) is 3. The van der Waals surface area contributed by atoms with Crippen molar-refractivity contribution in [1.82, 2.24) is 9.97 Å².